The van der Waals surface area contributed by atoms with E-state index in [1.807, 2.05) is 31.2 Å². The second-order valence-electron chi connectivity index (χ2n) is 4.42. The highest BCUT2D eigenvalue weighted by molar-refractivity contribution is 6.30. The minimum Gasteiger partial charge on any atom is -0.468 e. The van der Waals surface area contributed by atoms with Crippen LogP contribution in [0, 0.1) is 6.92 Å². The Morgan fingerprint density at radius 3 is 2.95 bits per heavy atom. The minimum absolute atomic E-state index is 0.308. The number of methoxy groups -OCH3 is 1. The number of halogens is 1. The summed E-state index contributed by atoms with van der Waals surface area (Å²) in [6.07, 6.45) is 0.308. The molecule has 0 bridgehead atoms. The smallest absolute Gasteiger partial charge is 0.322 e. The number of carbonyl (C=O) groups is 1. The number of rotatable bonds is 3. The first-order chi connectivity index (χ1) is 9.02. The molecule has 0 fully saturated rings. The van der Waals surface area contributed by atoms with E-state index >= 15 is 0 Å². The molecule has 0 aliphatic rings. The maximum atomic E-state index is 11.3. The van der Waals surface area contributed by atoms with Crippen molar-refractivity contribution in [3.05, 3.63) is 40.5 Å². The lowest BCUT2D eigenvalue weighted by Crippen LogP contribution is -2.33. The molecule has 0 aliphatic heterocycles. The number of nitrogens with zero attached hydrogens (tertiary/aromatic N) is 1. The van der Waals surface area contributed by atoms with E-state index in [9.17, 15) is 4.79 Å². The summed E-state index contributed by atoms with van der Waals surface area (Å²) in [6.45, 7) is 1.98. The van der Waals surface area contributed by atoms with E-state index in [-0.39, 0.29) is 0 Å². The molecule has 4 nitrogen and oxygen atoms in total. The maximum absolute atomic E-state index is 11.3. The molecule has 2 rings (SSSR count). The van der Waals surface area contributed by atoms with Crippen molar-refractivity contribution in [1.29, 1.82) is 0 Å². The van der Waals surface area contributed by atoms with E-state index in [0.29, 0.717) is 11.6 Å². The summed E-state index contributed by atoms with van der Waals surface area (Å²) in [5, 5.41) is 1.36. The van der Waals surface area contributed by atoms with Crippen LogP contribution in [0.15, 0.2) is 24.3 Å². The van der Waals surface area contributed by atoms with Crippen LogP contribution < -0.4 is 5.73 Å². The maximum Gasteiger partial charge on any atom is 0.322 e. The predicted molar refractivity (Wildman–Crippen MR) is 75.2 cm³/mol. The van der Waals surface area contributed by atoms with Gasteiger partial charge in [-0.15, -0.1) is 0 Å². The van der Waals surface area contributed by atoms with Crippen LogP contribution in [0.4, 0.5) is 0 Å². The van der Waals surface area contributed by atoms with Crippen molar-refractivity contribution in [1.82, 2.24) is 4.98 Å². The molecule has 1 aromatic heterocycles. The predicted octanol–water partition coefficient (Wildman–Crippen LogP) is 2.24. The lowest BCUT2D eigenvalue weighted by atomic mass is 10.0. The lowest BCUT2D eigenvalue weighted by molar-refractivity contribution is -0.142. The molecule has 0 amide bonds. The first-order valence-corrected chi connectivity index (χ1v) is 6.29. The van der Waals surface area contributed by atoms with Crippen LogP contribution in [0.1, 0.15) is 11.1 Å². The Morgan fingerprint density at radius 1 is 1.53 bits per heavy atom. The van der Waals surface area contributed by atoms with E-state index in [1.54, 1.807) is 0 Å². The summed E-state index contributed by atoms with van der Waals surface area (Å²) in [7, 11) is 1.31. The van der Waals surface area contributed by atoms with Crippen LogP contribution in [-0.4, -0.2) is 24.1 Å². The van der Waals surface area contributed by atoms with Crippen molar-refractivity contribution in [2.24, 2.45) is 5.73 Å². The summed E-state index contributed by atoms with van der Waals surface area (Å²) < 4.78 is 4.60. The number of benzene rings is 1. The molecule has 0 saturated carbocycles. The summed E-state index contributed by atoms with van der Waals surface area (Å²) in [4.78, 5) is 15.7. The fourth-order valence-corrected chi connectivity index (χ4v) is 2.20. The quantitative estimate of drug-likeness (QED) is 0.691. The zero-order valence-electron chi connectivity index (χ0n) is 10.8. The average Bonchev–Trinajstić information content (AvgIpc) is 2.40. The molecule has 1 atom stereocenters. The fourth-order valence-electron chi connectivity index (χ4n) is 1.98. The van der Waals surface area contributed by atoms with Crippen molar-refractivity contribution >= 4 is 28.5 Å². The lowest BCUT2D eigenvalue weighted by Gasteiger charge is -2.11. The van der Waals surface area contributed by atoms with Gasteiger partial charge in [0.05, 0.1) is 12.6 Å². The molecule has 2 aromatic rings. The van der Waals surface area contributed by atoms with Gasteiger partial charge in [0.25, 0.3) is 0 Å². The second kappa shape index (κ2) is 5.55. The van der Waals surface area contributed by atoms with Crippen molar-refractivity contribution in [2.45, 2.75) is 19.4 Å². The van der Waals surface area contributed by atoms with Crippen LogP contribution >= 0.6 is 11.6 Å². The third-order valence-corrected chi connectivity index (χ3v) is 3.34. The average molecular weight is 279 g/mol. The third-order valence-electron chi connectivity index (χ3n) is 3.02. The Balaban J connectivity index is 2.39. The molecular weight excluding hydrogens is 264 g/mol. The molecule has 1 unspecified atom stereocenters. The molecule has 0 saturated heterocycles. The van der Waals surface area contributed by atoms with Gasteiger partial charge in [-0.1, -0.05) is 29.8 Å². The third kappa shape index (κ3) is 2.85. The van der Waals surface area contributed by atoms with E-state index in [4.69, 9.17) is 17.3 Å². The van der Waals surface area contributed by atoms with Gasteiger partial charge in [-0.05, 0) is 24.1 Å². The van der Waals surface area contributed by atoms with Crippen LogP contribution in [0.5, 0.6) is 0 Å². The Morgan fingerprint density at radius 2 is 2.26 bits per heavy atom. The zero-order chi connectivity index (χ0) is 14.0. The Labute approximate surface area is 116 Å². The molecule has 2 N–H and O–H groups in total. The largest absolute Gasteiger partial charge is 0.468 e. The molecule has 5 heteroatoms. The number of aryl methyl sites for hydroxylation is 1. The molecule has 0 aliphatic carbocycles. The summed E-state index contributed by atoms with van der Waals surface area (Å²) in [6, 6.07) is 7.08. The SMILES string of the molecule is COC(=O)C(N)Cc1cc2cccc(C)c2nc1Cl. The van der Waals surface area contributed by atoms with Crippen LogP contribution in [0.3, 0.4) is 0 Å². The molecule has 0 spiro atoms. The normalized spacial score (nSPS) is 12.4. The molecule has 1 aromatic carbocycles. The number of ether oxygens (including phenoxy) is 1. The summed E-state index contributed by atoms with van der Waals surface area (Å²) >= 11 is 6.15. The number of nitrogens with two attached hydrogens (primary N) is 1. The van der Waals surface area contributed by atoms with E-state index < -0.39 is 12.0 Å². The highest BCUT2D eigenvalue weighted by Crippen LogP contribution is 2.23. The number of aromatic nitrogens is 1. The van der Waals surface area contributed by atoms with Gasteiger partial charge >= 0.3 is 5.97 Å². The van der Waals surface area contributed by atoms with Gasteiger partial charge in [0, 0.05) is 11.8 Å². The number of hydrogen-bond donors (Lipinski definition) is 1. The highest BCUT2D eigenvalue weighted by atomic mass is 35.5. The number of pyridine rings is 1. The van der Waals surface area contributed by atoms with Crippen molar-refractivity contribution < 1.29 is 9.53 Å². The van der Waals surface area contributed by atoms with E-state index in [1.165, 1.54) is 7.11 Å². The number of esters is 1. The number of hydrogen-bond acceptors (Lipinski definition) is 4. The number of carbonyl (C=O) groups excluding carboxylic acids is 1. The summed E-state index contributed by atoms with van der Waals surface area (Å²) in [5.41, 5.74) is 8.41. The van der Waals surface area contributed by atoms with Crippen LogP contribution in [0.2, 0.25) is 5.15 Å². The van der Waals surface area contributed by atoms with Crippen LogP contribution in [0.25, 0.3) is 10.9 Å². The van der Waals surface area contributed by atoms with Crippen molar-refractivity contribution in [3.63, 3.8) is 0 Å². The van der Waals surface area contributed by atoms with Gasteiger partial charge in [-0.25, -0.2) is 4.98 Å². The van der Waals surface area contributed by atoms with Gasteiger partial charge in [0.15, 0.2) is 0 Å². The fraction of sp³-hybridized carbons (Fsp3) is 0.286. The zero-order valence-corrected chi connectivity index (χ0v) is 11.6. The summed E-state index contributed by atoms with van der Waals surface area (Å²) in [5.74, 6) is -0.458. The topological polar surface area (TPSA) is 65.2 Å². The highest BCUT2D eigenvalue weighted by Gasteiger charge is 2.17. The van der Waals surface area contributed by atoms with Crippen molar-refractivity contribution in [2.75, 3.05) is 7.11 Å². The number of fused-ring (bicyclic) bond motifs is 1. The molecule has 1 heterocycles. The molecule has 100 valence electrons. The van der Waals surface area contributed by atoms with E-state index in [0.717, 1.165) is 22.0 Å². The van der Waals surface area contributed by atoms with Crippen LogP contribution in [-0.2, 0) is 16.0 Å². The first kappa shape index (κ1) is 13.8. The Kier molecular flexibility index (Phi) is 4.02. The second-order valence-corrected chi connectivity index (χ2v) is 4.78. The van der Waals surface area contributed by atoms with Gasteiger partial charge in [0.2, 0.25) is 0 Å². The Bertz CT molecular complexity index is 628. The van der Waals surface area contributed by atoms with Crippen molar-refractivity contribution in [3.8, 4) is 0 Å². The van der Waals surface area contributed by atoms with Gasteiger partial charge in [-0.3, -0.25) is 4.79 Å². The van der Waals surface area contributed by atoms with E-state index in [2.05, 4.69) is 9.72 Å². The number of para-hydroxylation sites is 1. The van der Waals surface area contributed by atoms with Gasteiger partial charge in [-0.2, -0.15) is 0 Å². The standard InChI is InChI=1S/C14H15ClN2O2/c1-8-4-3-5-9-6-10(13(15)17-12(8)9)7-11(16)14(18)19-2/h3-6,11H,7,16H2,1-2H3. The molecule has 19 heavy (non-hydrogen) atoms. The van der Waals surface area contributed by atoms with Gasteiger partial charge in [0.1, 0.15) is 11.2 Å². The van der Waals surface area contributed by atoms with Gasteiger partial charge < -0.3 is 10.5 Å². The first-order valence-electron chi connectivity index (χ1n) is 5.91. The molecular formula is C14H15ClN2O2. The Hall–Kier alpha value is -1.65. The monoisotopic (exact) mass is 278 g/mol. The minimum atomic E-state index is -0.730. The molecule has 0 radical (unpaired) electrons.